The van der Waals surface area contributed by atoms with Crippen LogP contribution in [-0.4, -0.2) is 37.8 Å². The molecule has 1 fully saturated rings. The first-order valence-electron chi connectivity index (χ1n) is 9.62. The number of hydrogen-bond donors (Lipinski definition) is 0. The maximum absolute atomic E-state index is 5.89. The van der Waals surface area contributed by atoms with Crippen molar-refractivity contribution in [1.82, 2.24) is 19.3 Å². The zero-order chi connectivity index (χ0) is 18.5. The minimum absolute atomic E-state index is 0.302. The molecule has 3 heterocycles. The third kappa shape index (κ3) is 4.62. The molecule has 0 bridgehead atoms. The van der Waals surface area contributed by atoms with Crippen molar-refractivity contribution < 1.29 is 4.74 Å². The molecule has 2 aromatic heterocycles. The van der Waals surface area contributed by atoms with E-state index in [-0.39, 0.29) is 0 Å². The first kappa shape index (κ1) is 18.3. The Labute approximate surface area is 164 Å². The summed E-state index contributed by atoms with van der Waals surface area (Å²) in [4.78, 5) is 4.74. The summed E-state index contributed by atoms with van der Waals surface area (Å²) in [5, 5.41) is 5.33. The van der Waals surface area contributed by atoms with Crippen LogP contribution in [0, 0.1) is 0 Å². The van der Waals surface area contributed by atoms with Gasteiger partial charge in [-0.15, -0.1) is 0 Å². The van der Waals surface area contributed by atoms with Gasteiger partial charge in [-0.2, -0.15) is 5.10 Å². The van der Waals surface area contributed by atoms with Crippen molar-refractivity contribution in [2.24, 2.45) is 7.05 Å². The molecule has 5 nitrogen and oxygen atoms in total. The van der Waals surface area contributed by atoms with E-state index in [1.165, 1.54) is 16.8 Å². The fraction of sp³-hybridized carbons (Fsp3) is 0.429. The highest BCUT2D eigenvalue weighted by atomic mass is 32.2. The maximum Gasteiger partial charge on any atom is 0.168 e. The lowest BCUT2D eigenvalue weighted by Crippen LogP contribution is -2.16. The van der Waals surface area contributed by atoms with E-state index in [0.29, 0.717) is 6.10 Å². The summed E-state index contributed by atoms with van der Waals surface area (Å²) in [7, 11) is 1.96. The van der Waals surface area contributed by atoms with Crippen molar-refractivity contribution in [1.29, 1.82) is 0 Å². The maximum atomic E-state index is 5.89. The van der Waals surface area contributed by atoms with Crippen molar-refractivity contribution in [3.8, 4) is 11.3 Å². The van der Waals surface area contributed by atoms with Gasteiger partial charge in [0.25, 0.3) is 0 Å². The Morgan fingerprint density at radius 1 is 1.22 bits per heavy atom. The van der Waals surface area contributed by atoms with Crippen molar-refractivity contribution in [3.05, 3.63) is 54.5 Å². The first-order valence-corrected chi connectivity index (χ1v) is 10.6. The van der Waals surface area contributed by atoms with Gasteiger partial charge < -0.3 is 9.30 Å². The summed E-state index contributed by atoms with van der Waals surface area (Å²) in [6, 6.07) is 10.5. The number of rotatable bonds is 8. The molecule has 4 rings (SSSR count). The average Bonchev–Trinajstić information content (AvgIpc) is 3.43. The molecule has 6 heteroatoms. The standard InChI is InChI=1S/C21H26N4OS/c1-24-15-17(13-23-24)7-6-12-27-21-22-14-20(18-8-3-2-4-9-18)25(21)16-19-10-5-11-26-19/h2-4,8-9,13-15,19H,5-7,10-12,16H2,1H3. The summed E-state index contributed by atoms with van der Waals surface area (Å²) in [5.41, 5.74) is 3.69. The van der Waals surface area contributed by atoms with Gasteiger partial charge in [0.2, 0.25) is 0 Å². The molecule has 1 atom stereocenters. The number of nitrogens with zero attached hydrogens (tertiary/aromatic N) is 4. The Bertz CT molecular complexity index is 852. The lowest BCUT2D eigenvalue weighted by molar-refractivity contribution is 0.0954. The van der Waals surface area contributed by atoms with Crippen LogP contribution in [0.4, 0.5) is 0 Å². The van der Waals surface area contributed by atoms with E-state index < -0.39 is 0 Å². The van der Waals surface area contributed by atoms with Gasteiger partial charge in [-0.25, -0.2) is 4.98 Å². The first-order chi connectivity index (χ1) is 13.3. The van der Waals surface area contributed by atoms with Gasteiger partial charge in [0.15, 0.2) is 5.16 Å². The van der Waals surface area contributed by atoms with Crippen molar-refractivity contribution >= 4 is 11.8 Å². The Kier molecular flexibility index (Phi) is 5.94. The van der Waals surface area contributed by atoms with Crippen LogP contribution in [0.1, 0.15) is 24.8 Å². The van der Waals surface area contributed by atoms with Crippen LogP contribution < -0.4 is 0 Å². The lowest BCUT2D eigenvalue weighted by Gasteiger charge is -2.16. The summed E-state index contributed by atoms with van der Waals surface area (Å²) >= 11 is 1.84. The number of ether oxygens (including phenoxy) is 1. The van der Waals surface area contributed by atoms with Crippen molar-refractivity contribution in [2.45, 2.75) is 43.5 Å². The smallest absolute Gasteiger partial charge is 0.168 e. The largest absolute Gasteiger partial charge is 0.376 e. The molecular formula is C21H26N4OS. The second-order valence-corrected chi connectivity index (χ2v) is 8.07. The topological polar surface area (TPSA) is 44.9 Å². The Morgan fingerprint density at radius 2 is 2.11 bits per heavy atom. The second kappa shape index (κ2) is 8.76. The van der Waals surface area contributed by atoms with E-state index in [2.05, 4.69) is 46.2 Å². The van der Waals surface area contributed by atoms with Gasteiger partial charge in [-0.05, 0) is 36.8 Å². The highest BCUT2D eigenvalue weighted by Crippen LogP contribution is 2.28. The van der Waals surface area contributed by atoms with E-state index in [0.717, 1.165) is 49.7 Å². The lowest BCUT2D eigenvalue weighted by atomic mass is 10.1. The molecule has 1 aromatic carbocycles. The molecule has 0 aliphatic carbocycles. The SMILES string of the molecule is Cn1cc(CCCSc2ncc(-c3ccccc3)n2CC2CCCO2)cn1. The molecule has 1 aliphatic heterocycles. The second-order valence-electron chi connectivity index (χ2n) is 7.01. The van der Waals surface area contributed by atoms with Crippen LogP contribution in [0.25, 0.3) is 11.3 Å². The fourth-order valence-corrected chi connectivity index (χ4v) is 4.45. The third-order valence-corrected chi connectivity index (χ3v) is 5.97. The van der Waals surface area contributed by atoms with Crippen LogP contribution >= 0.6 is 11.8 Å². The monoisotopic (exact) mass is 382 g/mol. The minimum atomic E-state index is 0.302. The molecule has 3 aromatic rings. The zero-order valence-corrected chi connectivity index (χ0v) is 16.6. The van der Waals surface area contributed by atoms with Gasteiger partial charge in [0.05, 0.1) is 30.7 Å². The van der Waals surface area contributed by atoms with E-state index in [4.69, 9.17) is 9.72 Å². The number of benzene rings is 1. The molecular weight excluding hydrogens is 356 g/mol. The quantitative estimate of drug-likeness (QED) is 0.433. The van der Waals surface area contributed by atoms with Gasteiger partial charge >= 0.3 is 0 Å². The fourth-order valence-electron chi connectivity index (χ4n) is 3.52. The number of hydrogen-bond acceptors (Lipinski definition) is 4. The molecule has 1 saturated heterocycles. The van der Waals surface area contributed by atoms with Crippen LogP contribution in [0.15, 0.2) is 54.1 Å². The van der Waals surface area contributed by atoms with E-state index >= 15 is 0 Å². The molecule has 0 saturated carbocycles. The molecule has 1 aliphatic rings. The van der Waals surface area contributed by atoms with Crippen LogP contribution in [0.5, 0.6) is 0 Å². The molecule has 0 N–H and O–H groups in total. The van der Waals surface area contributed by atoms with Crippen LogP contribution in [0.3, 0.4) is 0 Å². The van der Waals surface area contributed by atoms with Crippen LogP contribution in [0.2, 0.25) is 0 Å². The average molecular weight is 383 g/mol. The van der Waals surface area contributed by atoms with Gasteiger partial charge in [-0.1, -0.05) is 42.1 Å². The normalized spacial score (nSPS) is 16.9. The minimum Gasteiger partial charge on any atom is -0.376 e. The number of thioether (sulfide) groups is 1. The van der Waals surface area contributed by atoms with E-state index in [9.17, 15) is 0 Å². The molecule has 0 spiro atoms. The third-order valence-electron chi connectivity index (χ3n) is 4.90. The van der Waals surface area contributed by atoms with Gasteiger partial charge in [-0.3, -0.25) is 4.68 Å². The predicted molar refractivity (Wildman–Crippen MR) is 109 cm³/mol. The van der Waals surface area contributed by atoms with E-state index in [1.807, 2.05) is 35.9 Å². The molecule has 27 heavy (non-hydrogen) atoms. The summed E-state index contributed by atoms with van der Waals surface area (Å²) in [6.45, 7) is 1.77. The Balaban J connectivity index is 1.44. The van der Waals surface area contributed by atoms with Gasteiger partial charge in [0, 0.05) is 25.6 Å². The molecule has 0 radical (unpaired) electrons. The predicted octanol–water partition coefficient (Wildman–Crippen LogP) is 4.19. The molecule has 1 unspecified atom stereocenters. The number of aromatic nitrogens is 4. The Morgan fingerprint density at radius 3 is 2.85 bits per heavy atom. The van der Waals surface area contributed by atoms with Crippen molar-refractivity contribution in [2.75, 3.05) is 12.4 Å². The summed E-state index contributed by atoms with van der Waals surface area (Å²) < 4.78 is 10.1. The number of aryl methyl sites for hydroxylation is 2. The Hall–Kier alpha value is -2.05. The highest BCUT2D eigenvalue weighted by Gasteiger charge is 2.20. The zero-order valence-electron chi connectivity index (χ0n) is 15.8. The van der Waals surface area contributed by atoms with Crippen molar-refractivity contribution in [3.63, 3.8) is 0 Å². The summed E-state index contributed by atoms with van der Waals surface area (Å²) in [6.07, 6.45) is 10.8. The molecule has 0 amide bonds. The van der Waals surface area contributed by atoms with Crippen LogP contribution in [-0.2, 0) is 24.8 Å². The molecule has 142 valence electrons. The van der Waals surface area contributed by atoms with Gasteiger partial charge in [0.1, 0.15) is 0 Å². The number of imidazole rings is 1. The highest BCUT2D eigenvalue weighted by molar-refractivity contribution is 7.99. The van der Waals surface area contributed by atoms with E-state index in [1.54, 1.807) is 0 Å². The summed E-state index contributed by atoms with van der Waals surface area (Å²) in [5.74, 6) is 1.05.